The zero-order valence-corrected chi connectivity index (χ0v) is 9.95. The number of aliphatic hydroxyl groups is 1. The Labute approximate surface area is 103 Å². The number of nitrogens with one attached hydrogen (secondary N) is 1. The normalized spacial score (nSPS) is 13.0. The molecule has 3 aromatic rings. The zero-order chi connectivity index (χ0) is 11.7. The van der Waals surface area contributed by atoms with Crippen LogP contribution in [0.1, 0.15) is 17.5 Å². The summed E-state index contributed by atoms with van der Waals surface area (Å²) >= 11 is 1.66. The van der Waals surface area contributed by atoms with E-state index in [1.165, 1.54) is 4.70 Å². The molecule has 0 spiro atoms. The van der Waals surface area contributed by atoms with Gasteiger partial charge in [0.25, 0.3) is 0 Å². The summed E-state index contributed by atoms with van der Waals surface area (Å²) in [6.45, 7) is 0. The summed E-state index contributed by atoms with van der Waals surface area (Å²) < 4.78 is 1.21. The van der Waals surface area contributed by atoms with Crippen molar-refractivity contribution in [2.45, 2.75) is 12.5 Å². The number of imidazole rings is 1. The van der Waals surface area contributed by atoms with Crippen molar-refractivity contribution in [1.82, 2.24) is 9.97 Å². The average Bonchev–Trinajstić information content (AvgIpc) is 2.96. The maximum absolute atomic E-state index is 10.2. The molecule has 0 fully saturated rings. The molecule has 0 bridgehead atoms. The van der Waals surface area contributed by atoms with Crippen LogP contribution in [0.2, 0.25) is 0 Å². The number of aliphatic hydroxyl groups excluding tert-OH is 1. The predicted octanol–water partition coefficient (Wildman–Crippen LogP) is 2.90. The van der Waals surface area contributed by atoms with Gasteiger partial charge in [-0.1, -0.05) is 18.2 Å². The van der Waals surface area contributed by atoms with Gasteiger partial charge in [0.05, 0.1) is 6.10 Å². The van der Waals surface area contributed by atoms with Crippen LogP contribution in [0.25, 0.3) is 10.1 Å². The van der Waals surface area contributed by atoms with Gasteiger partial charge in [0.1, 0.15) is 5.82 Å². The Bertz CT molecular complexity index is 615. The minimum Gasteiger partial charge on any atom is -0.388 e. The van der Waals surface area contributed by atoms with Crippen molar-refractivity contribution < 1.29 is 5.11 Å². The number of H-pyrrole nitrogens is 1. The highest BCUT2D eigenvalue weighted by atomic mass is 32.1. The first-order valence-electron chi connectivity index (χ1n) is 5.47. The molecule has 0 aliphatic rings. The van der Waals surface area contributed by atoms with E-state index in [1.54, 1.807) is 23.7 Å². The molecule has 3 rings (SSSR count). The van der Waals surface area contributed by atoms with Gasteiger partial charge in [0, 0.05) is 23.5 Å². The average molecular weight is 244 g/mol. The van der Waals surface area contributed by atoms with Crippen molar-refractivity contribution in [1.29, 1.82) is 0 Å². The lowest BCUT2D eigenvalue weighted by Crippen LogP contribution is -2.02. The largest absolute Gasteiger partial charge is 0.388 e. The summed E-state index contributed by atoms with van der Waals surface area (Å²) in [6.07, 6.45) is 3.49. The van der Waals surface area contributed by atoms with Gasteiger partial charge in [-0.05, 0) is 22.4 Å². The molecule has 0 saturated heterocycles. The molecule has 1 atom stereocenters. The fourth-order valence-electron chi connectivity index (χ4n) is 1.96. The Morgan fingerprint density at radius 3 is 3.06 bits per heavy atom. The molecule has 0 amide bonds. The minimum atomic E-state index is -0.503. The van der Waals surface area contributed by atoms with Gasteiger partial charge >= 0.3 is 0 Å². The lowest BCUT2D eigenvalue weighted by molar-refractivity contribution is 0.178. The van der Waals surface area contributed by atoms with Crippen molar-refractivity contribution in [2.75, 3.05) is 0 Å². The van der Waals surface area contributed by atoms with E-state index in [2.05, 4.69) is 16.0 Å². The second kappa shape index (κ2) is 4.31. The van der Waals surface area contributed by atoms with Gasteiger partial charge in [-0.2, -0.15) is 0 Å². The van der Waals surface area contributed by atoms with Gasteiger partial charge in [-0.25, -0.2) is 4.98 Å². The molecule has 86 valence electrons. The number of thiophene rings is 1. The smallest absolute Gasteiger partial charge is 0.108 e. The number of aromatic amines is 1. The minimum absolute atomic E-state index is 0.503. The van der Waals surface area contributed by atoms with Crippen LogP contribution in [-0.2, 0) is 6.42 Å². The number of hydrogen-bond acceptors (Lipinski definition) is 3. The highest BCUT2D eigenvalue weighted by molar-refractivity contribution is 7.17. The van der Waals surface area contributed by atoms with Gasteiger partial charge in [-0.15, -0.1) is 11.3 Å². The third kappa shape index (κ3) is 1.97. The van der Waals surface area contributed by atoms with E-state index in [1.807, 2.05) is 23.6 Å². The maximum Gasteiger partial charge on any atom is 0.108 e. The van der Waals surface area contributed by atoms with Crippen molar-refractivity contribution in [3.63, 3.8) is 0 Å². The SMILES string of the molecule is OC(Cc1ncc[nH]1)c1csc2ccccc12. The summed E-state index contributed by atoms with van der Waals surface area (Å²) in [6, 6.07) is 8.13. The van der Waals surface area contributed by atoms with Crippen LogP contribution in [0.15, 0.2) is 42.0 Å². The van der Waals surface area contributed by atoms with E-state index in [9.17, 15) is 5.11 Å². The van der Waals surface area contributed by atoms with Gasteiger partial charge in [0.15, 0.2) is 0 Å². The molecule has 3 nitrogen and oxygen atoms in total. The first-order valence-corrected chi connectivity index (χ1v) is 6.35. The molecule has 0 aliphatic carbocycles. The summed E-state index contributed by atoms with van der Waals surface area (Å²) in [5, 5.41) is 13.4. The van der Waals surface area contributed by atoms with Gasteiger partial charge in [-0.3, -0.25) is 0 Å². The summed E-state index contributed by atoms with van der Waals surface area (Å²) in [7, 11) is 0. The molecule has 0 aliphatic heterocycles. The van der Waals surface area contributed by atoms with E-state index < -0.39 is 6.10 Å². The van der Waals surface area contributed by atoms with Crippen LogP contribution < -0.4 is 0 Å². The molecule has 1 unspecified atom stereocenters. The Hall–Kier alpha value is -1.65. The van der Waals surface area contributed by atoms with Crippen LogP contribution >= 0.6 is 11.3 Å². The molecule has 0 saturated carbocycles. The van der Waals surface area contributed by atoms with Crippen LogP contribution in [0.3, 0.4) is 0 Å². The second-order valence-corrected chi connectivity index (χ2v) is 4.85. The van der Waals surface area contributed by atoms with Crippen LogP contribution in [0.5, 0.6) is 0 Å². The second-order valence-electron chi connectivity index (χ2n) is 3.94. The fraction of sp³-hybridized carbons (Fsp3) is 0.154. The van der Waals surface area contributed by atoms with E-state index >= 15 is 0 Å². The highest BCUT2D eigenvalue weighted by Crippen LogP contribution is 2.31. The van der Waals surface area contributed by atoms with Crippen LogP contribution in [0.4, 0.5) is 0 Å². The van der Waals surface area contributed by atoms with E-state index in [4.69, 9.17) is 0 Å². The molecule has 2 heterocycles. The fourth-order valence-corrected chi connectivity index (χ4v) is 2.97. The molecule has 0 radical (unpaired) electrons. The van der Waals surface area contributed by atoms with Crippen molar-refractivity contribution in [2.24, 2.45) is 0 Å². The van der Waals surface area contributed by atoms with E-state index in [0.717, 1.165) is 16.8 Å². The topological polar surface area (TPSA) is 48.9 Å². The number of aromatic nitrogens is 2. The lowest BCUT2D eigenvalue weighted by atomic mass is 10.1. The molecule has 2 N–H and O–H groups in total. The zero-order valence-electron chi connectivity index (χ0n) is 9.13. The Balaban J connectivity index is 1.93. The molecule has 1 aromatic carbocycles. The molecular weight excluding hydrogens is 232 g/mol. The maximum atomic E-state index is 10.2. The summed E-state index contributed by atoms with van der Waals surface area (Å²) in [5.41, 5.74) is 0.988. The van der Waals surface area contributed by atoms with Crippen molar-refractivity contribution in [3.8, 4) is 0 Å². The van der Waals surface area contributed by atoms with Crippen molar-refractivity contribution >= 4 is 21.4 Å². The number of hydrogen-bond donors (Lipinski definition) is 2. The lowest BCUT2D eigenvalue weighted by Gasteiger charge is -2.07. The molecule has 17 heavy (non-hydrogen) atoms. The number of rotatable bonds is 3. The first kappa shape index (κ1) is 10.5. The van der Waals surface area contributed by atoms with E-state index in [0.29, 0.717) is 6.42 Å². The highest BCUT2D eigenvalue weighted by Gasteiger charge is 2.14. The molecule has 2 aromatic heterocycles. The van der Waals surface area contributed by atoms with Gasteiger partial charge < -0.3 is 10.1 Å². The molecular formula is C13H12N2OS. The summed E-state index contributed by atoms with van der Waals surface area (Å²) in [5.74, 6) is 0.813. The quantitative estimate of drug-likeness (QED) is 0.744. The monoisotopic (exact) mass is 244 g/mol. The Morgan fingerprint density at radius 2 is 2.24 bits per heavy atom. The predicted molar refractivity (Wildman–Crippen MR) is 69.1 cm³/mol. The number of benzene rings is 1. The summed E-state index contributed by atoms with van der Waals surface area (Å²) in [4.78, 5) is 7.14. The van der Waals surface area contributed by atoms with Gasteiger partial charge in [0.2, 0.25) is 0 Å². The Kier molecular flexibility index (Phi) is 2.66. The number of nitrogens with zero attached hydrogens (tertiary/aromatic N) is 1. The Morgan fingerprint density at radius 1 is 1.35 bits per heavy atom. The third-order valence-electron chi connectivity index (χ3n) is 2.81. The van der Waals surface area contributed by atoms with E-state index in [-0.39, 0.29) is 0 Å². The first-order chi connectivity index (χ1) is 8.34. The standard InChI is InChI=1S/C13H12N2OS/c16-11(7-13-14-5-6-15-13)10-8-17-12-4-2-1-3-9(10)12/h1-6,8,11,16H,7H2,(H,14,15). The number of fused-ring (bicyclic) bond motifs is 1. The van der Waals surface area contributed by atoms with Crippen molar-refractivity contribution in [3.05, 3.63) is 53.4 Å². The molecule has 4 heteroatoms. The van der Waals surface area contributed by atoms with Crippen LogP contribution in [-0.4, -0.2) is 15.1 Å². The third-order valence-corrected chi connectivity index (χ3v) is 3.79. The van der Waals surface area contributed by atoms with Crippen LogP contribution in [0, 0.1) is 0 Å².